The monoisotopic (exact) mass is 555 g/mol. The molecule has 0 saturated carbocycles. The summed E-state index contributed by atoms with van der Waals surface area (Å²) in [5.74, 6) is -0.751. The Balaban J connectivity index is 1.45. The van der Waals surface area contributed by atoms with Crippen molar-refractivity contribution in [1.82, 2.24) is 14.5 Å². The van der Waals surface area contributed by atoms with E-state index in [2.05, 4.69) is 9.97 Å². The molecular weight excluding hydrogens is 528 g/mol. The zero-order valence-electron chi connectivity index (χ0n) is 23.2. The van der Waals surface area contributed by atoms with Crippen LogP contribution in [-0.4, -0.2) is 27.4 Å². The van der Waals surface area contributed by atoms with Gasteiger partial charge >= 0.3 is 0 Å². The number of benzene rings is 2. The second-order valence-electron chi connectivity index (χ2n) is 9.79. The van der Waals surface area contributed by atoms with Crippen molar-refractivity contribution < 1.29 is 23.0 Å². The fourth-order valence-electron chi connectivity index (χ4n) is 4.90. The molecule has 0 atom stereocenters. The Bertz CT molecular complexity index is 1900. The fourth-order valence-corrected chi connectivity index (χ4v) is 4.90. The molecule has 208 valence electrons. The third-order valence-corrected chi connectivity index (χ3v) is 7.25. The predicted octanol–water partition coefficient (Wildman–Crippen LogP) is 6.43. The topological polar surface area (TPSA) is 83.3 Å². The van der Waals surface area contributed by atoms with Gasteiger partial charge in [0.25, 0.3) is 0 Å². The summed E-state index contributed by atoms with van der Waals surface area (Å²) in [7, 11) is 3.29. The number of hydrogen-bond donors (Lipinski definition) is 0. The minimum absolute atomic E-state index is 0.0160. The van der Waals surface area contributed by atoms with Crippen molar-refractivity contribution >= 4 is 16.8 Å². The average molecular weight is 556 g/mol. The van der Waals surface area contributed by atoms with Crippen LogP contribution in [0.5, 0.6) is 17.2 Å². The molecule has 0 radical (unpaired) electrons. The zero-order valence-corrected chi connectivity index (χ0v) is 23.2. The zero-order chi connectivity index (χ0) is 29.4. The Morgan fingerprint density at radius 3 is 2.44 bits per heavy atom. The van der Waals surface area contributed by atoms with Crippen LogP contribution in [0.25, 0.3) is 22.2 Å². The number of hydrogen-bond acceptors (Lipinski definition) is 6. The molecule has 9 heteroatoms. The second kappa shape index (κ2) is 10.9. The van der Waals surface area contributed by atoms with Gasteiger partial charge in [0.05, 0.1) is 24.4 Å². The first kappa shape index (κ1) is 27.6. The van der Waals surface area contributed by atoms with E-state index < -0.39 is 22.8 Å². The number of aromatic nitrogens is 3. The molecular formula is C32H27F2N3O4. The van der Waals surface area contributed by atoms with Crippen LogP contribution in [0.1, 0.15) is 32.9 Å². The molecule has 3 heterocycles. The summed E-state index contributed by atoms with van der Waals surface area (Å²) in [5.41, 5.74) is 3.55. The molecule has 5 rings (SSSR count). The first-order valence-electron chi connectivity index (χ1n) is 12.8. The van der Waals surface area contributed by atoms with Crippen LogP contribution < -0.4 is 14.9 Å². The van der Waals surface area contributed by atoms with Gasteiger partial charge in [0, 0.05) is 48.7 Å². The smallest absolute Gasteiger partial charge is 0.200 e. The summed E-state index contributed by atoms with van der Waals surface area (Å²) in [4.78, 5) is 35.7. The highest BCUT2D eigenvalue weighted by molar-refractivity contribution is 5.99. The third-order valence-electron chi connectivity index (χ3n) is 7.25. The number of pyridine rings is 3. The number of fused-ring (bicyclic) bond motifs is 1. The number of rotatable bonds is 7. The molecule has 2 aromatic carbocycles. The lowest BCUT2D eigenvalue weighted by Gasteiger charge is -2.18. The molecule has 0 unspecified atom stereocenters. The van der Waals surface area contributed by atoms with Gasteiger partial charge in [0.15, 0.2) is 23.1 Å². The van der Waals surface area contributed by atoms with Gasteiger partial charge in [0.2, 0.25) is 5.43 Å². The van der Waals surface area contributed by atoms with Gasteiger partial charge in [0.1, 0.15) is 17.1 Å². The van der Waals surface area contributed by atoms with Crippen LogP contribution >= 0.6 is 0 Å². The van der Waals surface area contributed by atoms with Gasteiger partial charge in [-0.1, -0.05) is 12.1 Å². The van der Waals surface area contributed by atoms with Crippen molar-refractivity contribution in [2.75, 3.05) is 7.11 Å². The number of carbonyl (C=O) groups is 1. The second-order valence-corrected chi connectivity index (χ2v) is 9.79. The van der Waals surface area contributed by atoms with E-state index in [4.69, 9.17) is 9.47 Å². The van der Waals surface area contributed by atoms with Gasteiger partial charge in [-0.25, -0.2) is 13.8 Å². The van der Waals surface area contributed by atoms with Crippen LogP contribution in [0.2, 0.25) is 0 Å². The Hall–Kier alpha value is -4.92. The number of halogens is 2. The summed E-state index contributed by atoms with van der Waals surface area (Å²) in [6.07, 6.45) is 2.84. The largest absolute Gasteiger partial charge is 0.495 e. The molecule has 3 aromatic heterocycles. The Kier molecular flexibility index (Phi) is 7.36. The quantitative estimate of drug-likeness (QED) is 0.215. The summed E-state index contributed by atoms with van der Waals surface area (Å²) < 4.78 is 41.7. The molecule has 0 aliphatic rings. The molecule has 41 heavy (non-hydrogen) atoms. The number of Topliss-reactive ketones (excluding diaryl/α,β-unsaturated/α-hetero) is 1. The summed E-state index contributed by atoms with van der Waals surface area (Å²) in [6.45, 7) is 5.20. The number of carbonyl (C=O) groups excluding carboxylic acids is 1. The van der Waals surface area contributed by atoms with Gasteiger partial charge in [-0.2, -0.15) is 0 Å². The van der Waals surface area contributed by atoms with E-state index >= 15 is 4.39 Å². The van der Waals surface area contributed by atoms with E-state index in [1.807, 2.05) is 0 Å². The SMILES string of the molecule is COc1cnc2c(Oc3ccc(CC(=O)c4c(C)n(C)c(C)c(-c5ccc(F)cc5C)c4=O)cc3F)ccnc2c1. The lowest BCUT2D eigenvalue weighted by Crippen LogP contribution is -2.26. The number of nitrogens with zero attached hydrogens (tertiary/aromatic N) is 3. The number of methoxy groups -OCH3 is 1. The minimum Gasteiger partial charge on any atom is -0.495 e. The van der Waals surface area contributed by atoms with Gasteiger partial charge < -0.3 is 14.0 Å². The van der Waals surface area contributed by atoms with Crippen molar-refractivity contribution in [2.45, 2.75) is 27.2 Å². The van der Waals surface area contributed by atoms with Gasteiger partial charge in [-0.05, 0) is 61.7 Å². The molecule has 7 nitrogen and oxygen atoms in total. The lowest BCUT2D eigenvalue weighted by molar-refractivity contribution is 0.0990. The van der Waals surface area contributed by atoms with E-state index in [1.165, 1.54) is 43.8 Å². The van der Waals surface area contributed by atoms with Crippen LogP contribution in [0.3, 0.4) is 0 Å². The molecule has 0 spiro atoms. The maximum absolute atomic E-state index is 15.2. The van der Waals surface area contributed by atoms with Crippen molar-refractivity contribution in [3.05, 3.63) is 111 Å². The standard InChI is InChI=1S/C32H27F2N3O4/c1-17-12-21(33)7-8-23(17)29-18(2)37(4)19(3)30(32(29)39)26(38)14-20-6-9-27(24(34)13-20)41-28-10-11-35-25-15-22(40-5)16-36-31(25)28/h6-13,15-16H,14H2,1-5H3. The van der Waals surface area contributed by atoms with Crippen molar-refractivity contribution in [1.29, 1.82) is 0 Å². The lowest BCUT2D eigenvalue weighted by atomic mass is 9.93. The van der Waals surface area contributed by atoms with Crippen LogP contribution in [0.15, 0.2) is 65.7 Å². The Labute approximate surface area is 235 Å². The predicted molar refractivity (Wildman–Crippen MR) is 152 cm³/mol. The Morgan fingerprint density at radius 2 is 1.73 bits per heavy atom. The number of ketones is 1. The number of aryl methyl sites for hydroxylation is 1. The summed E-state index contributed by atoms with van der Waals surface area (Å²) >= 11 is 0. The van der Waals surface area contributed by atoms with Crippen molar-refractivity contribution in [2.24, 2.45) is 7.05 Å². The molecule has 0 saturated heterocycles. The molecule has 5 aromatic rings. The molecule has 0 N–H and O–H groups in total. The van der Waals surface area contributed by atoms with Gasteiger partial charge in [-0.15, -0.1) is 0 Å². The van der Waals surface area contributed by atoms with E-state index in [0.29, 0.717) is 56.2 Å². The molecule has 0 fully saturated rings. The molecule has 0 aliphatic heterocycles. The molecule has 0 bridgehead atoms. The van der Waals surface area contributed by atoms with Crippen molar-refractivity contribution in [3.8, 4) is 28.4 Å². The normalized spacial score (nSPS) is 11.1. The highest BCUT2D eigenvalue weighted by Crippen LogP contribution is 2.31. The highest BCUT2D eigenvalue weighted by Gasteiger charge is 2.23. The first-order chi connectivity index (χ1) is 19.6. The van der Waals surface area contributed by atoms with E-state index in [0.717, 1.165) is 0 Å². The van der Waals surface area contributed by atoms with Crippen LogP contribution in [0, 0.1) is 32.4 Å². The average Bonchev–Trinajstić information content (AvgIpc) is 2.94. The Morgan fingerprint density at radius 1 is 0.951 bits per heavy atom. The van der Waals surface area contributed by atoms with E-state index in [-0.39, 0.29) is 17.7 Å². The van der Waals surface area contributed by atoms with E-state index in [9.17, 15) is 14.0 Å². The van der Waals surface area contributed by atoms with Crippen LogP contribution in [0.4, 0.5) is 8.78 Å². The fraction of sp³-hybridized carbons (Fsp3) is 0.188. The van der Waals surface area contributed by atoms with Crippen molar-refractivity contribution in [3.63, 3.8) is 0 Å². The number of ether oxygens (including phenoxy) is 2. The van der Waals surface area contributed by atoms with Crippen LogP contribution in [-0.2, 0) is 13.5 Å². The van der Waals surface area contributed by atoms with E-state index in [1.54, 1.807) is 56.7 Å². The minimum atomic E-state index is -0.676. The highest BCUT2D eigenvalue weighted by atomic mass is 19.1. The summed E-state index contributed by atoms with van der Waals surface area (Å²) in [5, 5.41) is 0. The van der Waals surface area contributed by atoms with Gasteiger partial charge in [-0.3, -0.25) is 14.6 Å². The molecule has 0 amide bonds. The third kappa shape index (κ3) is 5.18. The maximum atomic E-state index is 15.2. The molecule has 0 aliphatic carbocycles. The first-order valence-corrected chi connectivity index (χ1v) is 12.8. The maximum Gasteiger partial charge on any atom is 0.200 e. The summed E-state index contributed by atoms with van der Waals surface area (Å²) in [6, 6.07) is 11.7.